The first-order valence-corrected chi connectivity index (χ1v) is 5.25. The molecule has 3 nitrogen and oxygen atoms in total. The first-order valence-electron chi connectivity index (χ1n) is 5.25. The predicted octanol–water partition coefficient (Wildman–Crippen LogP) is 1.27. The second kappa shape index (κ2) is 4.31. The highest BCUT2D eigenvalue weighted by Crippen LogP contribution is 2.31. The normalized spacial score (nSPS) is 18.0. The number of fused-ring (bicyclic) bond motifs is 1. The lowest BCUT2D eigenvalue weighted by molar-refractivity contribution is -0.111. The fraction of sp³-hybridized carbons (Fsp3) is 0.231. The number of benzene rings is 1. The van der Waals surface area contributed by atoms with E-state index in [0.29, 0.717) is 12.8 Å². The molecule has 2 N–H and O–H groups in total. The van der Waals surface area contributed by atoms with E-state index in [1.165, 1.54) is 17.3 Å². The summed E-state index contributed by atoms with van der Waals surface area (Å²) in [7, 11) is 0. The van der Waals surface area contributed by atoms with Crippen molar-refractivity contribution in [3.8, 4) is 0 Å². The first-order chi connectivity index (χ1) is 7.79. The highest BCUT2D eigenvalue weighted by Gasteiger charge is 2.35. The van der Waals surface area contributed by atoms with Crippen LogP contribution in [0.25, 0.3) is 0 Å². The van der Waals surface area contributed by atoms with Gasteiger partial charge < -0.3 is 10.5 Å². The molecule has 0 heterocycles. The second-order valence-corrected chi connectivity index (χ2v) is 4.01. The molecule has 0 radical (unpaired) electrons. The molecule has 1 aromatic carbocycles. The zero-order valence-corrected chi connectivity index (χ0v) is 8.97. The topological polar surface area (TPSA) is 55.4 Å². The fourth-order valence-corrected chi connectivity index (χ4v) is 2.07. The largest absolute Gasteiger partial charge is 0.405 e. The van der Waals surface area contributed by atoms with Gasteiger partial charge in [0.1, 0.15) is 11.8 Å². The molecule has 0 aromatic heterocycles. The van der Waals surface area contributed by atoms with Crippen LogP contribution in [-0.2, 0) is 17.6 Å². The number of hydrogen-bond acceptors (Lipinski definition) is 3. The minimum atomic E-state index is -0.622. The van der Waals surface area contributed by atoms with E-state index in [9.17, 15) is 4.79 Å². The number of aliphatic imine (C=N–C) groups is 1. The van der Waals surface area contributed by atoms with Crippen LogP contribution < -0.4 is 5.73 Å². The van der Waals surface area contributed by atoms with Crippen molar-refractivity contribution in [2.75, 3.05) is 0 Å². The van der Waals surface area contributed by atoms with E-state index in [0.717, 1.165) is 6.29 Å². The maximum absolute atomic E-state index is 11.2. The van der Waals surface area contributed by atoms with Crippen LogP contribution in [0.1, 0.15) is 11.1 Å². The molecule has 0 amide bonds. The molecule has 0 bridgehead atoms. The highest BCUT2D eigenvalue weighted by molar-refractivity contribution is 5.77. The quantitative estimate of drug-likeness (QED) is 0.608. The van der Waals surface area contributed by atoms with Gasteiger partial charge in [0, 0.05) is 19.1 Å². The SMILES string of the molecule is NC=CC=NC1(C=O)Cc2ccccc2C1. The smallest absolute Gasteiger partial charge is 0.148 e. The number of nitrogens with two attached hydrogens (primary N) is 1. The molecular formula is C13H14N2O. The zero-order chi connectivity index (χ0) is 11.4. The van der Waals surface area contributed by atoms with Gasteiger partial charge in [-0.05, 0) is 23.4 Å². The lowest BCUT2D eigenvalue weighted by Crippen LogP contribution is -2.29. The van der Waals surface area contributed by atoms with Crippen molar-refractivity contribution in [1.29, 1.82) is 0 Å². The minimum absolute atomic E-state index is 0.622. The summed E-state index contributed by atoms with van der Waals surface area (Å²) in [4.78, 5) is 15.5. The Morgan fingerprint density at radius 2 is 1.88 bits per heavy atom. The summed E-state index contributed by atoms with van der Waals surface area (Å²) in [6.07, 6.45) is 6.94. The molecule has 0 unspecified atom stereocenters. The number of nitrogens with zero attached hydrogens (tertiary/aromatic N) is 1. The fourth-order valence-electron chi connectivity index (χ4n) is 2.07. The van der Waals surface area contributed by atoms with Crippen LogP contribution in [0.15, 0.2) is 41.5 Å². The summed E-state index contributed by atoms with van der Waals surface area (Å²) in [5, 5.41) is 0. The van der Waals surface area contributed by atoms with Crippen molar-refractivity contribution < 1.29 is 4.79 Å². The average molecular weight is 214 g/mol. The number of carbonyl (C=O) groups excluding carboxylic acids is 1. The third kappa shape index (κ3) is 1.89. The molecule has 3 heteroatoms. The molecule has 1 aliphatic rings. The van der Waals surface area contributed by atoms with E-state index in [1.54, 1.807) is 12.3 Å². The van der Waals surface area contributed by atoms with Gasteiger partial charge in [-0.3, -0.25) is 4.99 Å². The van der Waals surface area contributed by atoms with Gasteiger partial charge in [-0.25, -0.2) is 0 Å². The number of allylic oxidation sites excluding steroid dienone is 1. The van der Waals surface area contributed by atoms with Crippen LogP contribution in [0, 0.1) is 0 Å². The van der Waals surface area contributed by atoms with Crippen LogP contribution >= 0.6 is 0 Å². The van der Waals surface area contributed by atoms with Gasteiger partial charge >= 0.3 is 0 Å². The Hall–Kier alpha value is -1.90. The molecule has 1 aromatic rings. The van der Waals surface area contributed by atoms with Crippen molar-refractivity contribution in [2.24, 2.45) is 10.7 Å². The molecule has 2 rings (SSSR count). The summed E-state index contributed by atoms with van der Waals surface area (Å²) in [6, 6.07) is 8.08. The number of aldehydes is 1. The van der Waals surface area contributed by atoms with E-state index >= 15 is 0 Å². The molecular weight excluding hydrogens is 200 g/mol. The molecule has 16 heavy (non-hydrogen) atoms. The van der Waals surface area contributed by atoms with E-state index in [4.69, 9.17) is 5.73 Å². The molecule has 82 valence electrons. The van der Waals surface area contributed by atoms with Gasteiger partial charge in [-0.2, -0.15) is 0 Å². The van der Waals surface area contributed by atoms with Crippen LogP contribution in [-0.4, -0.2) is 18.0 Å². The van der Waals surface area contributed by atoms with E-state index in [-0.39, 0.29) is 0 Å². The summed E-state index contributed by atoms with van der Waals surface area (Å²) in [6.45, 7) is 0. The average Bonchev–Trinajstić information content (AvgIpc) is 2.68. The summed E-state index contributed by atoms with van der Waals surface area (Å²) >= 11 is 0. The maximum Gasteiger partial charge on any atom is 0.148 e. The summed E-state index contributed by atoms with van der Waals surface area (Å²) in [5.74, 6) is 0. The lowest BCUT2D eigenvalue weighted by atomic mass is 9.99. The Labute approximate surface area is 94.7 Å². The number of carbonyl (C=O) groups is 1. The van der Waals surface area contributed by atoms with Crippen LogP contribution in [0.3, 0.4) is 0 Å². The molecule has 1 aliphatic carbocycles. The van der Waals surface area contributed by atoms with E-state index < -0.39 is 5.54 Å². The Morgan fingerprint density at radius 3 is 2.38 bits per heavy atom. The van der Waals surface area contributed by atoms with Gasteiger partial charge in [0.15, 0.2) is 0 Å². The standard InChI is InChI=1S/C13H14N2O/c14-6-3-7-15-13(10-16)8-11-4-1-2-5-12(11)9-13/h1-7,10H,8-9,14H2. The van der Waals surface area contributed by atoms with Gasteiger partial charge in [-0.15, -0.1) is 0 Å². The summed E-state index contributed by atoms with van der Waals surface area (Å²) in [5.41, 5.74) is 7.02. The van der Waals surface area contributed by atoms with Gasteiger partial charge in [0.05, 0.1) is 0 Å². The Bertz CT molecular complexity index is 424. The van der Waals surface area contributed by atoms with Crippen molar-refractivity contribution >= 4 is 12.5 Å². The second-order valence-electron chi connectivity index (χ2n) is 4.01. The molecule has 0 saturated heterocycles. The van der Waals surface area contributed by atoms with Gasteiger partial charge in [0.2, 0.25) is 0 Å². The van der Waals surface area contributed by atoms with E-state index in [1.807, 2.05) is 12.1 Å². The minimum Gasteiger partial charge on any atom is -0.405 e. The molecule has 0 spiro atoms. The van der Waals surface area contributed by atoms with Gasteiger partial charge in [0.25, 0.3) is 0 Å². The zero-order valence-electron chi connectivity index (χ0n) is 8.97. The number of hydrogen-bond donors (Lipinski definition) is 1. The van der Waals surface area contributed by atoms with Crippen molar-refractivity contribution in [3.63, 3.8) is 0 Å². The Balaban J connectivity index is 2.26. The molecule has 0 aliphatic heterocycles. The Morgan fingerprint density at radius 1 is 1.25 bits per heavy atom. The molecule has 0 fully saturated rings. The van der Waals surface area contributed by atoms with Crippen LogP contribution in [0.4, 0.5) is 0 Å². The lowest BCUT2D eigenvalue weighted by Gasteiger charge is -2.15. The number of rotatable bonds is 3. The highest BCUT2D eigenvalue weighted by atomic mass is 16.1. The van der Waals surface area contributed by atoms with Crippen LogP contribution in [0.5, 0.6) is 0 Å². The molecule has 0 atom stereocenters. The van der Waals surface area contributed by atoms with Crippen molar-refractivity contribution in [3.05, 3.63) is 47.7 Å². The predicted molar refractivity (Wildman–Crippen MR) is 64.5 cm³/mol. The molecule has 0 saturated carbocycles. The van der Waals surface area contributed by atoms with Crippen molar-refractivity contribution in [2.45, 2.75) is 18.4 Å². The van der Waals surface area contributed by atoms with E-state index in [2.05, 4.69) is 17.1 Å². The van der Waals surface area contributed by atoms with Gasteiger partial charge in [-0.1, -0.05) is 24.3 Å². The third-order valence-electron chi connectivity index (χ3n) is 2.86. The van der Waals surface area contributed by atoms with Crippen molar-refractivity contribution in [1.82, 2.24) is 0 Å². The maximum atomic E-state index is 11.2. The summed E-state index contributed by atoms with van der Waals surface area (Å²) < 4.78 is 0. The first kappa shape index (κ1) is 10.6. The monoisotopic (exact) mass is 214 g/mol. The Kier molecular flexibility index (Phi) is 2.86. The van der Waals surface area contributed by atoms with Crippen LogP contribution in [0.2, 0.25) is 0 Å². The third-order valence-corrected chi connectivity index (χ3v) is 2.86.